The van der Waals surface area contributed by atoms with E-state index in [2.05, 4.69) is 27.3 Å². The molecule has 7 heteroatoms. The second-order valence-corrected chi connectivity index (χ2v) is 9.45. The summed E-state index contributed by atoms with van der Waals surface area (Å²) in [6.07, 6.45) is 3.87. The molecule has 1 aromatic heterocycles. The Morgan fingerprint density at radius 2 is 1.90 bits per heavy atom. The summed E-state index contributed by atoms with van der Waals surface area (Å²) in [7, 11) is 3.46. The number of nitrogens with zero attached hydrogens (tertiary/aromatic N) is 3. The summed E-state index contributed by atoms with van der Waals surface area (Å²) < 4.78 is 10.6. The zero-order valence-corrected chi connectivity index (χ0v) is 18.9. The number of piperidine rings is 1. The van der Waals surface area contributed by atoms with E-state index >= 15 is 0 Å². The van der Waals surface area contributed by atoms with E-state index in [4.69, 9.17) is 14.5 Å². The Morgan fingerprint density at radius 1 is 1.13 bits per heavy atom. The van der Waals surface area contributed by atoms with E-state index in [0.29, 0.717) is 6.04 Å². The predicted molar refractivity (Wildman–Crippen MR) is 119 cm³/mol. The van der Waals surface area contributed by atoms with Crippen LogP contribution in [0, 0.1) is 0 Å². The number of ether oxygens (including phenoxy) is 2. The second kappa shape index (κ2) is 9.75. The zero-order chi connectivity index (χ0) is 21.0. The van der Waals surface area contributed by atoms with Gasteiger partial charge in [-0.2, -0.15) is 0 Å². The van der Waals surface area contributed by atoms with Crippen molar-refractivity contribution in [2.75, 3.05) is 40.5 Å². The van der Waals surface area contributed by atoms with Crippen LogP contribution >= 0.6 is 11.3 Å². The van der Waals surface area contributed by atoms with E-state index < -0.39 is 5.60 Å². The van der Waals surface area contributed by atoms with E-state index in [0.717, 1.165) is 68.6 Å². The molecule has 2 saturated heterocycles. The van der Waals surface area contributed by atoms with Crippen molar-refractivity contribution in [1.82, 2.24) is 14.8 Å². The average Bonchev–Trinajstić information content (AvgIpc) is 3.41. The van der Waals surface area contributed by atoms with Gasteiger partial charge in [-0.1, -0.05) is 12.1 Å². The molecular weight excluding hydrogens is 398 g/mol. The Labute approximate surface area is 183 Å². The lowest BCUT2D eigenvalue weighted by Gasteiger charge is -2.37. The second-order valence-electron chi connectivity index (χ2n) is 8.50. The monoisotopic (exact) mass is 431 g/mol. The normalized spacial score (nSPS) is 22.4. The molecule has 6 nitrogen and oxygen atoms in total. The number of aromatic nitrogens is 1. The third-order valence-electron chi connectivity index (χ3n) is 6.47. The minimum Gasteiger partial charge on any atom is -0.497 e. The Kier molecular flexibility index (Phi) is 7.05. The van der Waals surface area contributed by atoms with E-state index in [-0.39, 0.29) is 0 Å². The molecule has 2 fully saturated rings. The molecule has 0 bridgehead atoms. The van der Waals surface area contributed by atoms with Gasteiger partial charge in [0, 0.05) is 38.2 Å². The van der Waals surface area contributed by atoms with Crippen molar-refractivity contribution in [1.29, 1.82) is 0 Å². The number of likely N-dealkylation sites (tertiary alicyclic amines) is 2. The summed E-state index contributed by atoms with van der Waals surface area (Å²) in [4.78, 5) is 9.72. The number of hydrogen-bond acceptors (Lipinski definition) is 7. The third-order valence-corrected chi connectivity index (χ3v) is 7.31. The van der Waals surface area contributed by atoms with E-state index in [1.807, 2.05) is 12.1 Å². The van der Waals surface area contributed by atoms with Crippen LogP contribution in [0.15, 0.2) is 29.6 Å². The van der Waals surface area contributed by atoms with Crippen molar-refractivity contribution < 1.29 is 14.6 Å². The van der Waals surface area contributed by atoms with Gasteiger partial charge >= 0.3 is 0 Å². The SMILES string of the molecule is COCC1CCCN1Cc1nc(C2(O)CCN(Cc3ccc(OC)cc3)CC2)cs1. The van der Waals surface area contributed by atoms with Gasteiger partial charge in [-0.25, -0.2) is 4.98 Å². The Hall–Kier alpha value is -1.51. The van der Waals surface area contributed by atoms with Crippen LogP contribution in [-0.4, -0.2) is 66.4 Å². The van der Waals surface area contributed by atoms with Crippen LogP contribution in [0.25, 0.3) is 0 Å². The van der Waals surface area contributed by atoms with Crippen LogP contribution in [0.1, 0.15) is 41.9 Å². The molecule has 4 rings (SSSR count). The molecule has 2 aromatic rings. The molecule has 0 radical (unpaired) electrons. The Morgan fingerprint density at radius 3 is 2.60 bits per heavy atom. The number of hydrogen-bond donors (Lipinski definition) is 1. The van der Waals surface area contributed by atoms with Crippen molar-refractivity contribution in [3.63, 3.8) is 0 Å². The molecule has 164 valence electrons. The van der Waals surface area contributed by atoms with Crippen molar-refractivity contribution in [2.45, 2.75) is 50.4 Å². The maximum atomic E-state index is 11.3. The summed E-state index contributed by atoms with van der Waals surface area (Å²) in [6, 6.07) is 8.73. The maximum absolute atomic E-state index is 11.3. The molecular formula is C23H33N3O3S. The standard InChI is InChI=1S/C23H33N3O3S/c1-28-16-19-4-3-11-26(19)15-22-24-21(17-30-22)23(27)9-12-25(13-10-23)14-18-5-7-20(29-2)8-6-18/h5-8,17,19,27H,3-4,9-16H2,1-2H3. The quantitative estimate of drug-likeness (QED) is 0.693. The number of rotatable bonds is 8. The van der Waals surface area contributed by atoms with Gasteiger partial charge in [-0.05, 0) is 49.9 Å². The predicted octanol–water partition coefficient (Wildman–Crippen LogP) is 3.25. The van der Waals surface area contributed by atoms with Gasteiger partial charge in [0.05, 0.1) is 26.0 Å². The number of thiazole rings is 1. The highest BCUT2D eigenvalue weighted by Crippen LogP contribution is 2.34. The van der Waals surface area contributed by atoms with Gasteiger partial charge in [0.15, 0.2) is 0 Å². The highest BCUT2D eigenvalue weighted by atomic mass is 32.1. The van der Waals surface area contributed by atoms with Gasteiger partial charge in [0.1, 0.15) is 16.4 Å². The first kappa shape index (κ1) is 21.7. The number of methoxy groups -OCH3 is 2. The van der Waals surface area contributed by atoms with E-state index in [9.17, 15) is 5.11 Å². The molecule has 0 saturated carbocycles. The maximum Gasteiger partial charge on any atom is 0.118 e. The Balaban J connectivity index is 1.31. The molecule has 1 atom stereocenters. The number of benzene rings is 1. The highest BCUT2D eigenvalue weighted by Gasteiger charge is 2.36. The van der Waals surface area contributed by atoms with Gasteiger partial charge in [-0.3, -0.25) is 9.80 Å². The average molecular weight is 432 g/mol. The molecule has 1 N–H and O–H groups in total. The smallest absolute Gasteiger partial charge is 0.118 e. The summed E-state index contributed by atoms with van der Waals surface area (Å²) in [5, 5.41) is 14.4. The van der Waals surface area contributed by atoms with Crippen molar-refractivity contribution in [3.8, 4) is 5.75 Å². The molecule has 2 aliphatic heterocycles. The topological polar surface area (TPSA) is 58.1 Å². The molecule has 0 aliphatic carbocycles. The lowest BCUT2D eigenvalue weighted by Crippen LogP contribution is -2.42. The van der Waals surface area contributed by atoms with Crippen LogP contribution in [0.5, 0.6) is 5.75 Å². The fraction of sp³-hybridized carbons (Fsp3) is 0.609. The number of aliphatic hydroxyl groups is 1. The summed E-state index contributed by atoms with van der Waals surface area (Å²) >= 11 is 1.68. The molecule has 0 amide bonds. The zero-order valence-electron chi connectivity index (χ0n) is 18.0. The van der Waals surface area contributed by atoms with Gasteiger partial charge in [0.2, 0.25) is 0 Å². The van der Waals surface area contributed by atoms with Crippen LogP contribution in [-0.2, 0) is 23.4 Å². The first-order valence-electron chi connectivity index (χ1n) is 10.9. The van der Waals surface area contributed by atoms with Crippen molar-refractivity contribution >= 4 is 11.3 Å². The summed E-state index contributed by atoms with van der Waals surface area (Å²) in [5.41, 5.74) is 1.32. The fourth-order valence-corrected chi connectivity index (χ4v) is 5.49. The summed E-state index contributed by atoms with van der Waals surface area (Å²) in [5.74, 6) is 0.883. The van der Waals surface area contributed by atoms with Gasteiger partial charge < -0.3 is 14.6 Å². The van der Waals surface area contributed by atoms with Crippen LogP contribution < -0.4 is 4.74 Å². The van der Waals surface area contributed by atoms with Crippen molar-refractivity contribution in [3.05, 3.63) is 45.9 Å². The first-order chi connectivity index (χ1) is 14.6. The van der Waals surface area contributed by atoms with Crippen LogP contribution in [0.3, 0.4) is 0 Å². The Bertz CT molecular complexity index is 802. The third kappa shape index (κ3) is 5.03. The lowest BCUT2D eigenvalue weighted by molar-refractivity contribution is -0.0308. The van der Waals surface area contributed by atoms with Gasteiger partial charge in [0.25, 0.3) is 0 Å². The lowest BCUT2D eigenvalue weighted by atomic mass is 9.88. The highest BCUT2D eigenvalue weighted by molar-refractivity contribution is 7.09. The molecule has 2 aliphatic rings. The molecule has 1 unspecified atom stereocenters. The van der Waals surface area contributed by atoms with E-state index in [1.165, 1.54) is 18.4 Å². The minimum atomic E-state index is -0.803. The molecule has 1 aromatic carbocycles. The first-order valence-corrected chi connectivity index (χ1v) is 11.7. The van der Waals surface area contributed by atoms with E-state index in [1.54, 1.807) is 25.6 Å². The molecule has 3 heterocycles. The van der Waals surface area contributed by atoms with Crippen molar-refractivity contribution in [2.24, 2.45) is 0 Å². The largest absolute Gasteiger partial charge is 0.497 e. The van der Waals surface area contributed by atoms with Crippen LogP contribution in [0.2, 0.25) is 0 Å². The molecule has 0 spiro atoms. The minimum absolute atomic E-state index is 0.492. The fourth-order valence-electron chi connectivity index (χ4n) is 4.58. The summed E-state index contributed by atoms with van der Waals surface area (Å²) in [6.45, 7) is 5.39. The molecule has 30 heavy (non-hydrogen) atoms. The van der Waals surface area contributed by atoms with Gasteiger partial charge in [-0.15, -0.1) is 11.3 Å². The van der Waals surface area contributed by atoms with Crippen LogP contribution in [0.4, 0.5) is 0 Å².